The number of rotatable bonds is 2. The van der Waals surface area contributed by atoms with Crippen molar-refractivity contribution in [2.45, 2.75) is 58.0 Å². The fourth-order valence-electron chi connectivity index (χ4n) is 3.68. The van der Waals surface area contributed by atoms with Gasteiger partial charge in [-0.2, -0.15) is 18.3 Å². The number of hydrogen-bond donors (Lipinski definition) is 0. The Morgan fingerprint density at radius 1 is 1.10 bits per heavy atom. The molecular formula is C20H23BF3N3O3. The Morgan fingerprint density at radius 2 is 1.67 bits per heavy atom. The van der Waals surface area contributed by atoms with Crippen molar-refractivity contribution in [3.8, 4) is 0 Å². The molecule has 4 rings (SSSR count). The van der Waals surface area contributed by atoms with Gasteiger partial charge in [0, 0.05) is 23.9 Å². The number of nitrogens with zero attached hydrogens (tertiary/aromatic N) is 3. The van der Waals surface area contributed by atoms with Gasteiger partial charge in [0.2, 0.25) is 0 Å². The minimum atomic E-state index is -4.43. The van der Waals surface area contributed by atoms with E-state index in [0.29, 0.717) is 23.4 Å². The predicted octanol–water partition coefficient (Wildman–Crippen LogP) is 3.42. The quantitative estimate of drug-likeness (QED) is 0.698. The van der Waals surface area contributed by atoms with Crippen molar-refractivity contribution in [1.82, 2.24) is 9.78 Å². The average molecular weight is 421 g/mol. The van der Waals surface area contributed by atoms with Crippen LogP contribution < -0.4 is 10.4 Å². The lowest BCUT2D eigenvalue weighted by Crippen LogP contribution is -2.47. The third-order valence-electron chi connectivity index (χ3n) is 6.15. The number of aromatic nitrogens is 2. The number of amides is 1. The van der Waals surface area contributed by atoms with E-state index in [-0.39, 0.29) is 11.9 Å². The van der Waals surface area contributed by atoms with Crippen LogP contribution in [0.3, 0.4) is 0 Å². The Morgan fingerprint density at radius 3 is 2.20 bits per heavy atom. The first-order valence-electron chi connectivity index (χ1n) is 9.74. The largest absolute Gasteiger partial charge is 0.498 e. The molecule has 6 nitrogen and oxygen atoms in total. The maximum atomic E-state index is 13.3. The number of fused-ring (bicyclic) bond motifs is 1. The highest BCUT2D eigenvalue weighted by molar-refractivity contribution is 6.63. The molecule has 0 spiro atoms. The average Bonchev–Trinajstić information content (AvgIpc) is 3.17. The van der Waals surface area contributed by atoms with Crippen LogP contribution in [-0.2, 0) is 15.5 Å². The predicted molar refractivity (Wildman–Crippen MR) is 106 cm³/mol. The van der Waals surface area contributed by atoms with Gasteiger partial charge in [0.25, 0.3) is 5.91 Å². The van der Waals surface area contributed by atoms with Crippen LogP contribution in [0.15, 0.2) is 30.5 Å². The molecule has 0 N–H and O–H groups in total. The lowest BCUT2D eigenvalue weighted by Gasteiger charge is -2.32. The van der Waals surface area contributed by atoms with E-state index in [1.807, 2.05) is 34.6 Å². The summed E-state index contributed by atoms with van der Waals surface area (Å²) in [6.07, 6.45) is -2.86. The lowest BCUT2D eigenvalue weighted by atomic mass is 9.78. The fourth-order valence-corrected chi connectivity index (χ4v) is 3.68. The van der Waals surface area contributed by atoms with Gasteiger partial charge < -0.3 is 14.2 Å². The van der Waals surface area contributed by atoms with Gasteiger partial charge in [-0.05, 0) is 58.9 Å². The Bertz CT molecular complexity index is 969. The van der Waals surface area contributed by atoms with Crippen molar-refractivity contribution in [3.63, 3.8) is 0 Å². The van der Waals surface area contributed by atoms with E-state index in [2.05, 4.69) is 5.10 Å². The monoisotopic (exact) mass is 421 g/mol. The molecule has 2 aliphatic rings. The standard InChI is InChI=1S/C20H23BF3N3O3/c1-12-11-26(14-8-6-13(7-9-14)20(22,23)24)17(28)16-15(10-25-27(12)16)21-29-18(2,3)19(4,5)30-21/h6-10,12H,11H2,1-5H3/t12-/m0/s1. The first-order chi connectivity index (χ1) is 13.8. The third-order valence-corrected chi connectivity index (χ3v) is 6.15. The van der Waals surface area contributed by atoms with Crippen molar-refractivity contribution in [1.29, 1.82) is 0 Å². The van der Waals surface area contributed by atoms with Crippen LogP contribution in [0.2, 0.25) is 0 Å². The summed E-state index contributed by atoms with van der Waals surface area (Å²) in [5.74, 6) is -0.352. The van der Waals surface area contributed by atoms with E-state index < -0.39 is 30.1 Å². The molecule has 0 saturated carbocycles. The fraction of sp³-hybridized carbons (Fsp3) is 0.500. The summed E-state index contributed by atoms with van der Waals surface area (Å²) in [5.41, 5.74) is -0.681. The number of anilines is 1. The van der Waals surface area contributed by atoms with Gasteiger partial charge in [-0.15, -0.1) is 0 Å². The first-order valence-corrected chi connectivity index (χ1v) is 9.74. The van der Waals surface area contributed by atoms with Gasteiger partial charge in [-0.25, -0.2) is 0 Å². The number of benzene rings is 1. The van der Waals surface area contributed by atoms with Crippen molar-refractivity contribution >= 4 is 24.2 Å². The van der Waals surface area contributed by atoms with Crippen LogP contribution in [0.25, 0.3) is 0 Å². The third kappa shape index (κ3) is 3.22. The molecule has 0 unspecified atom stereocenters. The molecule has 2 aromatic rings. The second-order valence-corrected chi connectivity index (χ2v) is 8.79. The molecule has 1 aromatic heterocycles. The first kappa shape index (κ1) is 20.9. The number of carbonyl (C=O) groups excluding carboxylic acids is 1. The number of alkyl halides is 3. The molecule has 1 fully saturated rings. The summed E-state index contributed by atoms with van der Waals surface area (Å²) in [5, 5.41) is 4.36. The maximum absolute atomic E-state index is 13.3. The number of halogens is 3. The Balaban J connectivity index is 1.69. The summed E-state index contributed by atoms with van der Waals surface area (Å²) >= 11 is 0. The summed E-state index contributed by atoms with van der Waals surface area (Å²) in [4.78, 5) is 14.8. The molecule has 0 aliphatic carbocycles. The van der Waals surface area contributed by atoms with E-state index in [4.69, 9.17) is 9.31 Å². The van der Waals surface area contributed by atoms with Gasteiger partial charge >= 0.3 is 13.3 Å². The minimum absolute atomic E-state index is 0.170. The highest BCUT2D eigenvalue weighted by Crippen LogP contribution is 2.37. The molecule has 0 bridgehead atoms. The summed E-state index contributed by atoms with van der Waals surface area (Å²) in [6, 6.07) is 4.42. The second kappa shape index (κ2) is 6.59. The van der Waals surface area contributed by atoms with E-state index in [9.17, 15) is 18.0 Å². The Hall–Kier alpha value is -2.33. The Labute approximate surface area is 173 Å². The van der Waals surface area contributed by atoms with Gasteiger partial charge in [-0.1, -0.05) is 0 Å². The van der Waals surface area contributed by atoms with Gasteiger partial charge in [0.1, 0.15) is 5.69 Å². The molecule has 2 aliphatic heterocycles. The Kier molecular flexibility index (Phi) is 4.59. The minimum Gasteiger partial charge on any atom is -0.399 e. The zero-order chi connectivity index (χ0) is 22.1. The van der Waals surface area contributed by atoms with E-state index in [1.165, 1.54) is 17.0 Å². The van der Waals surface area contributed by atoms with Crippen LogP contribution >= 0.6 is 0 Å². The normalized spacial score (nSPS) is 23.1. The summed E-state index contributed by atoms with van der Waals surface area (Å²) in [6.45, 7) is 9.86. The smallest absolute Gasteiger partial charge is 0.399 e. The topological polar surface area (TPSA) is 56.6 Å². The van der Waals surface area contributed by atoms with Crippen molar-refractivity contribution in [2.75, 3.05) is 11.4 Å². The number of hydrogen-bond acceptors (Lipinski definition) is 4. The molecule has 1 amide bonds. The van der Waals surface area contributed by atoms with E-state index in [1.54, 1.807) is 10.9 Å². The second-order valence-electron chi connectivity index (χ2n) is 8.79. The highest BCUT2D eigenvalue weighted by Gasteiger charge is 2.54. The maximum Gasteiger partial charge on any atom is 0.498 e. The van der Waals surface area contributed by atoms with Crippen LogP contribution in [0.4, 0.5) is 18.9 Å². The SMILES string of the molecule is C[C@H]1CN(c2ccc(C(F)(F)F)cc2)C(=O)c2c(B3OC(C)(C)C(C)(C)O3)cnn21. The van der Waals surface area contributed by atoms with Crippen molar-refractivity contribution in [2.24, 2.45) is 0 Å². The van der Waals surface area contributed by atoms with Crippen molar-refractivity contribution in [3.05, 3.63) is 41.7 Å². The van der Waals surface area contributed by atoms with Crippen LogP contribution in [0.5, 0.6) is 0 Å². The van der Waals surface area contributed by atoms with Gasteiger partial charge in [0.15, 0.2) is 0 Å². The molecule has 30 heavy (non-hydrogen) atoms. The molecule has 10 heteroatoms. The molecule has 160 valence electrons. The van der Waals surface area contributed by atoms with Crippen LogP contribution in [0.1, 0.15) is 56.7 Å². The number of carbonyl (C=O) groups is 1. The van der Waals surface area contributed by atoms with E-state index in [0.717, 1.165) is 12.1 Å². The molecule has 1 atom stereocenters. The summed E-state index contributed by atoms with van der Waals surface area (Å²) < 4.78 is 52.5. The van der Waals surface area contributed by atoms with Crippen LogP contribution in [0, 0.1) is 0 Å². The zero-order valence-electron chi connectivity index (χ0n) is 17.4. The molecular weight excluding hydrogens is 398 g/mol. The molecule has 3 heterocycles. The summed E-state index contributed by atoms with van der Waals surface area (Å²) in [7, 11) is -0.762. The highest BCUT2D eigenvalue weighted by atomic mass is 19.4. The molecule has 1 saturated heterocycles. The molecule has 1 aromatic carbocycles. The van der Waals surface area contributed by atoms with E-state index >= 15 is 0 Å². The van der Waals surface area contributed by atoms with Crippen molar-refractivity contribution < 1.29 is 27.3 Å². The van der Waals surface area contributed by atoms with Crippen LogP contribution in [-0.4, -0.2) is 40.6 Å². The molecule has 0 radical (unpaired) electrons. The van der Waals surface area contributed by atoms with Gasteiger partial charge in [0.05, 0.1) is 22.8 Å². The van der Waals surface area contributed by atoms with Gasteiger partial charge in [-0.3, -0.25) is 9.48 Å². The zero-order valence-corrected chi connectivity index (χ0v) is 17.4. The lowest BCUT2D eigenvalue weighted by molar-refractivity contribution is -0.137.